The van der Waals surface area contributed by atoms with E-state index >= 15 is 0 Å². The van der Waals surface area contributed by atoms with Gasteiger partial charge in [0.15, 0.2) is 0 Å². The van der Waals surface area contributed by atoms with Crippen molar-refractivity contribution >= 4 is 11.9 Å². The van der Waals surface area contributed by atoms with Gasteiger partial charge in [-0.2, -0.15) is 0 Å². The minimum absolute atomic E-state index is 0.0349. The summed E-state index contributed by atoms with van der Waals surface area (Å²) in [4.78, 5) is 25.0. The van der Waals surface area contributed by atoms with E-state index in [4.69, 9.17) is 5.11 Å². The summed E-state index contributed by atoms with van der Waals surface area (Å²) in [5.41, 5.74) is 1.58. The Morgan fingerprint density at radius 3 is 2.25 bits per heavy atom. The second-order valence-electron chi connectivity index (χ2n) is 16.3. The predicted octanol–water partition coefficient (Wildman–Crippen LogP) is 7.38. The molecular weight excluding hydrogens is 498 g/mol. The molecule has 0 saturated heterocycles. The first kappa shape index (κ1) is 30.1. The lowest BCUT2D eigenvalue weighted by Crippen LogP contribution is -2.67. The van der Waals surface area contributed by atoms with Crippen molar-refractivity contribution in [1.29, 1.82) is 0 Å². The fourth-order valence-electron chi connectivity index (χ4n) is 12.3. The molecule has 5 aliphatic rings. The highest BCUT2D eigenvalue weighted by Crippen LogP contribution is 2.77. The molecule has 0 aliphatic heterocycles. The number of carboxylic acid groups (broad SMARTS) is 1. The number of hydrogen-bond donors (Lipinski definition) is 3. The highest BCUT2D eigenvalue weighted by Gasteiger charge is 2.71. The van der Waals surface area contributed by atoms with Gasteiger partial charge in [-0.05, 0) is 135 Å². The van der Waals surface area contributed by atoms with Crippen LogP contribution in [0.2, 0.25) is 0 Å². The molecule has 5 nitrogen and oxygen atoms in total. The molecule has 5 rings (SSSR count). The number of aliphatic carboxylic acids is 1. The van der Waals surface area contributed by atoms with E-state index in [0.717, 1.165) is 38.5 Å². The Bertz CT molecular complexity index is 1040. The second-order valence-corrected chi connectivity index (χ2v) is 16.3. The Labute approximate surface area is 243 Å². The fraction of sp³-hybridized carbons (Fsp3) is 0.886. The molecule has 0 spiro atoms. The highest BCUT2D eigenvalue weighted by atomic mass is 16.4. The van der Waals surface area contributed by atoms with Gasteiger partial charge in [0.1, 0.15) is 0 Å². The van der Waals surface area contributed by atoms with Gasteiger partial charge in [0, 0.05) is 13.0 Å². The number of aliphatic hydroxyl groups excluding tert-OH is 1. The number of carbonyl (C=O) groups is 2. The minimum Gasteiger partial charge on any atom is -0.481 e. The Kier molecular flexibility index (Phi) is 7.62. The average molecular weight is 556 g/mol. The molecule has 0 heterocycles. The number of nitrogens with one attached hydrogen (secondary N) is 1. The smallest absolute Gasteiger partial charge is 0.303 e. The van der Waals surface area contributed by atoms with E-state index in [1.54, 1.807) is 0 Å². The number of hydrogen-bond acceptors (Lipinski definition) is 3. The van der Waals surface area contributed by atoms with Gasteiger partial charge >= 0.3 is 5.97 Å². The minimum atomic E-state index is -0.767. The Morgan fingerprint density at radius 2 is 1.57 bits per heavy atom. The van der Waals surface area contributed by atoms with Crippen molar-refractivity contribution in [2.45, 2.75) is 131 Å². The molecule has 0 aromatic rings. The van der Waals surface area contributed by atoms with Gasteiger partial charge in [-0.1, -0.05) is 46.8 Å². The first-order chi connectivity index (χ1) is 18.6. The zero-order valence-electron chi connectivity index (χ0n) is 26.3. The van der Waals surface area contributed by atoms with E-state index in [1.807, 2.05) is 0 Å². The van der Waals surface area contributed by atoms with Crippen LogP contribution >= 0.6 is 0 Å². The Morgan fingerprint density at radius 1 is 0.850 bits per heavy atom. The Balaban J connectivity index is 1.44. The van der Waals surface area contributed by atoms with Crippen molar-refractivity contribution in [3.8, 4) is 0 Å². The van der Waals surface area contributed by atoms with E-state index in [0.29, 0.717) is 49.0 Å². The molecule has 0 aromatic heterocycles. The van der Waals surface area contributed by atoms with E-state index < -0.39 is 5.97 Å². The second kappa shape index (κ2) is 10.1. The van der Waals surface area contributed by atoms with Crippen molar-refractivity contribution in [1.82, 2.24) is 5.32 Å². The molecule has 1 amide bonds. The van der Waals surface area contributed by atoms with Gasteiger partial charge in [-0.15, -0.1) is 0 Å². The van der Waals surface area contributed by atoms with Crippen molar-refractivity contribution in [2.75, 3.05) is 6.54 Å². The lowest BCUT2D eigenvalue weighted by molar-refractivity contribution is -0.246. The summed E-state index contributed by atoms with van der Waals surface area (Å²) < 4.78 is 0. The third kappa shape index (κ3) is 4.17. The quantitative estimate of drug-likeness (QED) is 0.226. The molecule has 5 saturated carbocycles. The molecule has 40 heavy (non-hydrogen) atoms. The summed E-state index contributed by atoms with van der Waals surface area (Å²) in [7, 11) is 0. The van der Waals surface area contributed by atoms with Crippen LogP contribution in [-0.4, -0.2) is 34.7 Å². The van der Waals surface area contributed by atoms with Gasteiger partial charge in [0.05, 0.1) is 11.5 Å². The zero-order valence-corrected chi connectivity index (χ0v) is 26.3. The van der Waals surface area contributed by atoms with Crippen molar-refractivity contribution < 1.29 is 19.8 Å². The summed E-state index contributed by atoms with van der Waals surface area (Å²) in [6, 6.07) is 0. The van der Waals surface area contributed by atoms with Crippen LogP contribution < -0.4 is 5.32 Å². The maximum atomic E-state index is 14.1. The van der Waals surface area contributed by atoms with Crippen LogP contribution in [0.4, 0.5) is 0 Å². The van der Waals surface area contributed by atoms with E-state index in [1.165, 1.54) is 31.3 Å². The van der Waals surface area contributed by atoms with Crippen LogP contribution in [0, 0.1) is 56.7 Å². The number of fused-ring (bicyclic) bond motifs is 7. The third-order valence-corrected chi connectivity index (χ3v) is 14.6. The van der Waals surface area contributed by atoms with Gasteiger partial charge in [-0.25, -0.2) is 0 Å². The number of carbonyl (C=O) groups excluding carboxylic acids is 1. The standard InChI is InChI=1S/C35H57NO4/c1-22(2)23-13-18-35(30(40)36-21-9-8-10-28(38)39)20-19-33(6)24(29(23)35)11-12-26-32(5)16-15-27(37)31(3,4)25(32)14-17-34(26,33)7/h23-27,29,37H,1,8-21H2,2-7H3,(H,36,40)(H,38,39)/t23-,24+,25-,26?,27-,29+,32-,33+,34+,35-/m0/s1. The maximum Gasteiger partial charge on any atom is 0.303 e. The summed E-state index contributed by atoms with van der Waals surface area (Å²) in [6.07, 6.45) is 12.3. The fourth-order valence-corrected chi connectivity index (χ4v) is 12.3. The molecule has 5 heteroatoms. The molecule has 0 bridgehead atoms. The van der Waals surface area contributed by atoms with Crippen molar-refractivity contribution in [3.05, 3.63) is 12.2 Å². The number of carboxylic acids is 1. The molecule has 0 radical (unpaired) electrons. The number of aliphatic hydroxyl groups is 1. The van der Waals surface area contributed by atoms with Gasteiger partial charge in [0.25, 0.3) is 0 Å². The summed E-state index contributed by atoms with van der Waals surface area (Å²) >= 11 is 0. The average Bonchev–Trinajstić information content (AvgIpc) is 3.28. The van der Waals surface area contributed by atoms with E-state index in [-0.39, 0.29) is 45.5 Å². The first-order valence-electron chi connectivity index (χ1n) is 16.5. The van der Waals surface area contributed by atoms with Crippen LogP contribution in [0.15, 0.2) is 12.2 Å². The summed E-state index contributed by atoms with van der Waals surface area (Å²) in [5, 5.41) is 23.3. The molecule has 0 aromatic carbocycles. The lowest BCUT2D eigenvalue weighted by Gasteiger charge is -2.72. The van der Waals surface area contributed by atoms with Crippen LogP contribution in [-0.2, 0) is 9.59 Å². The van der Waals surface area contributed by atoms with Crippen LogP contribution in [0.3, 0.4) is 0 Å². The lowest BCUT2D eigenvalue weighted by atomic mass is 9.32. The number of rotatable bonds is 7. The van der Waals surface area contributed by atoms with Gasteiger partial charge < -0.3 is 15.5 Å². The van der Waals surface area contributed by atoms with Crippen molar-refractivity contribution in [2.24, 2.45) is 56.7 Å². The third-order valence-electron chi connectivity index (χ3n) is 14.6. The molecule has 10 atom stereocenters. The van der Waals surface area contributed by atoms with Crippen LogP contribution in [0.1, 0.15) is 125 Å². The maximum absolute atomic E-state index is 14.1. The van der Waals surface area contributed by atoms with Gasteiger partial charge in [0.2, 0.25) is 5.91 Å². The summed E-state index contributed by atoms with van der Waals surface area (Å²) in [5.74, 6) is 1.94. The molecular formula is C35H57NO4. The molecule has 3 N–H and O–H groups in total. The zero-order chi connectivity index (χ0) is 29.3. The van der Waals surface area contributed by atoms with Crippen molar-refractivity contribution in [3.63, 3.8) is 0 Å². The molecule has 226 valence electrons. The molecule has 1 unspecified atom stereocenters. The molecule has 5 aliphatic carbocycles. The predicted molar refractivity (Wildman–Crippen MR) is 159 cm³/mol. The number of allylic oxidation sites excluding steroid dienone is 1. The largest absolute Gasteiger partial charge is 0.481 e. The van der Waals surface area contributed by atoms with E-state index in [9.17, 15) is 14.7 Å². The SMILES string of the molecule is C=C(C)[C@@H]1CC[C@]2(C(=O)NCCCCC(=O)O)CC[C@]3(C)[C@H](CCC4[C@@]5(C)CC[C@H](O)C(C)(C)[C@@H]5CC[C@]43C)[C@@H]12. The normalized spacial score (nSPS) is 47.3. The van der Waals surface area contributed by atoms with Gasteiger partial charge in [-0.3, -0.25) is 9.59 Å². The van der Waals surface area contributed by atoms with E-state index in [2.05, 4.69) is 53.4 Å². The highest BCUT2D eigenvalue weighted by molar-refractivity contribution is 5.84. The molecule has 5 fully saturated rings. The topological polar surface area (TPSA) is 86.6 Å². The number of amides is 1. The summed E-state index contributed by atoms with van der Waals surface area (Å²) in [6.45, 7) is 19.7. The monoisotopic (exact) mass is 555 g/mol. The van der Waals surface area contributed by atoms with Crippen LogP contribution in [0.5, 0.6) is 0 Å². The number of unbranched alkanes of at least 4 members (excludes halogenated alkanes) is 1. The first-order valence-corrected chi connectivity index (χ1v) is 16.5. The van der Waals surface area contributed by atoms with Crippen LogP contribution in [0.25, 0.3) is 0 Å². The Hall–Kier alpha value is -1.36.